The van der Waals surface area contributed by atoms with Crippen molar-refractivity contribution in [1.29, 1.82) is 0 Å². The third-order valence-electron chi connectivity index (χ3n) is 2.56. The molecule has 0 aliphatic heterocycles. The molecule has 0 amide bonds. The van der Waals surface area contributed by atoms with E-state index in [1.807, 2.05) is 22.3 Å². The van der Waals surface area contributed by atoms with Gasteiger partial charge in [-0.3, -0.25) is 0 Å². The number of nitrogens with two attached hydrogens (primary N) is 1. The molecule has 0 saturated heterocycles. The summed E-state index contributed by atoms with van der Waals surface area (Å²) in [6.45, 7) is 3.38. The van der Waals surface area contributed by atoms with Gasteiger partial charge in [0.1, 0.15) is 5.82 Å². The van der Waals surface area contributed by atoms with E-state index in [9.17, 15) is 0 Å². The Morgan fingerprint density at radius 2 is 1.94 bits per heavy atom. The number of rotatable bonds is 4. The standard InChI is InChI=1S/C10H14N6O/c1-8-12-2-4-15(8)6-7-16-5-3-13-10(16)9(11)14-17/h2-5,17H,6-7H2,1H3,(H2,11,14). The molecule has 0 aromatic carbocycles. The van der Waals surface area contributed by atoms with Crippen molar-refractivity contribution in [2.75, 3.05) is 0 Å². The highest BCUT2D eigenvalue weighted by atomic mass is 16.4. The molecule has 17 heavy (non-hydrogen) atoms. The third-order valence-corrected chi connectivity index (χ3v) is 2.56. The fraction of sp³-hybridized carbons (Fsp3) is 0.300. The summed E-state index contributed by atoms with van der Waals surface area (Å²) in [7, 11) is 0. The van der Waals surface area contributed by atoms with Crippen molar-refractivity contribution in [1.82, 2.24) is 19.1 Å². The molecular weight excluding hydrogens is 220 g/mol. The van der Waals surface area contributed by atoms with E-state index in [2.05, 4.69) is 15.1 Å². The van der Waals surface area contributed by atoms with Gasteiger partial charge in [-0.05, 0) is 6.92 Å². The van der Waals surface area contributed by atoms with Crippen molar-refractivity contribution in [2.45, 2.75) is 20.0 Å². The largest absolute Gasteiger partial charge is 0.409 e. The lowest BCUT2D eigenvalue weighted by molar-refractivity contribution is 0.318. The fourth-order valence-corrected chi connectivity index (χ4v) is 1.62. The number of hydrogen-bond donors (Lipinski definition) is 2. The first-order chi connectivity index (χ1) is 8.22. The Bertz CT molecular complexity index is 526. The Morgan fingerprint density at radius 3 is 2.59 bits per heavy atom. The molecule has 2 heterocycles. The Balaban J connectivity index is 2.10. The Hall–Kier alpha value is -2.31. The van der Waals surface area contributed by atoms with Crippen molar-refractivity contribution in [3.63, 3.8) is 0 Å². The topological polar surface area (TPSA) is 94.2 Å². The zero-order valence-electron chi connectivity index (χ0n) is 9.48. The first-order valence-corrected chi connectivity index (χ1v) is 5.19. The molecule has 2 aromatic heterocycles. The molecule has 0 spiro atoms. The molecule has 0 aliphatic rings. The maximum atomic E-state index is 8.62. The number of aryl methyl sites for hydroxylation is 3. The maximum absolute atomic E-state index is 8.62. The summed E-state index contributed by atoms with van der Waals surface area (Å²) in [4.78, 5) is 8.17. The highest BCUT2D eigenvalue weighted by molar-refractivity contribution is 5.93. The highest BCUT2D eigenvalue weighted by Crippen LogP contribution is 2.01. The summed E-state index contributed by atoms with van der Waals surface area (Å²) in [5.41, 5.74) is 5.52. The first-order valence-electron chi connectivity index (χ1n) is 5.19. The molecule has 0 radical (unpaired) electrons. The molecule has 7 nitrogen and oxygen atoms in total. The van der Waals surface area contributed by atoms with Crippen LogP contribution in [0.2, 0.25) is 0 Å². The summed E-state index contributed by atoms with van der Waals surface area (Å²) in [6, 6.07) is 0. The smallest absolute Gasteiger partial charge is 0.206 e. The van der Waals surface area contributed by atoms with Gasteiger partial charge in [-0.25, -0.2) is 9.97 Å². The molecule has 2 rings (SSSR count). The molecule has 7 heteroatoms. The van der Waals surface area contributed by atoms with Gasteiger partial charge in [0.2, 0.25) is 5.84 Å². The zero-order chi connectivity index (χ0) is 12.3. The van der Waals surface area contributed by atoms with Crippen molar-refractivity contribution in [3.05, 3.63) is 36.4 Å². The second kappa shape index (κ2) is 4.69. The van der Waals surface area contributed by atoms with Crippen LogP contribution in [0.1, 0.15) is 11.6 Å². The van der Waals surface area contributed by atoms with Gasteiger partial charge in [-0.15, -0.1) is 0 Å². The van der Waals surface area contributed by atoms with Crippen LogP contribution in [0.15, 0.2) is 29.9 Å². The maximum Gasteiger partial charge on any atom is 0.206 e. The number of oxime groups is 1. The average molecular weight is 234 g/mol. The highest BCUT2D eigenvalue weighted by Gasteiger charge is 2.07. The van der Waals surface area contributed by atoms with E-state index in [0.717, 1.165) is 12.4 Å². The van der Waals surface area contributed by atoms with Crippen LogP contribution in [0.3, 0.4) is 0 Å². The summed E-state index contributed by atoms with van der Waals surface area (Å²) >= 11 is 0. The predicted octanol–water partition coefficient (Wildman–Crippen LogP) is 0.183. The molecule has 3 N–H and O–H groups in total. The van der Waals surface area contributed by atoms with Crippen LogP contribution in [0.5, 0.6) is 0 Å². The van der Waals surface area contributed by atoms with Crippen molar-refractivity contribution < 1.29 is 5.21 Å². The lowest BCUT2D eigenvalue weighted by Crippen LogP contribution is -2.21. The first kappa shape index (κ1) is 11.2. The van der Waals surface area contributed by atoms with E-state index in [0.29, 0.717) is 12.4 Å². The van der Waals surface area contributed by atoms with Crippen molar-refractivity contribution in [3.8, 4) is 0 Å². The SMILES string of the molecule is Cc1nccn1CCn1ccnc1C(N)=NO. The Labute approximate surface area is 98.2 Å². The van der Waals surface area contributed by atoms with Crippen LogP contribution in [0, 0.1) is 6.92 Å². The van der Waals surface area contributed by atoms with E-state index in [-0.39, 0.29) is 5.84 Å². The van der Waals surface area contributed by atoms with Gasteiger partial charge in [0.05, 0.1) is 0 Å². The lowest BCUT2D eigenvalue weighted by Gasteiger charge is -2.08. The van der Waals surface area contributed by atoms with Crippen molar-refractivity contribution >= 4 is 5.84 Å². The molecule has 0 saturated carbocycles. The second-order valence-electron chi connectivity index (χ2n) is 3.60. The monoisotopic (exact) mass is 234 g/mol. The Morgan fingerprint density at radius 1 is 1.29 bits per heavy atom. The Kier molecular flexibility index (Phi) is 3.08. The van der Waals surface area contributed by atoms with Gasteiger partial charge in [0.25, 0.3) is 0 Å². The number of amidine groups is 1. The van der Waals surface area contributed by atoms with Crippen LogP contribution in [-0.2, 0) is 13.1 Å². The minimum absolute atomic E-state index is 0.0114. The third kappa shape index (κ3) is 2.27. The van der Waals surface area contributed by atoms with Crippen LogP contribution in [0.25, 0.3) is 0 Å². The number of aromatic nitrogens is 4. The normalized spacial score (nSPS) is 11.9. The van der Waals surface area contributed by atoms with Gasteiger partial charge in [0.15, 0.2) is 5.82 Å². The molecule has 2 aromatic rings. The predicted molar refractivity (Wildman–Crippen MR) is 61.7 cm³/mol. The molecular formula is C10H14N6O. The molecule has 90 valence electrons. The molecule has 0 atom stereocenters. The summed E-state index contributed by atoms with van der Waals surface area (Å²) in [5.74, 6) is 1.43. The van der Waals surface area contributed by atoms with Crippen molar-refractivity contribution in [2.24, 2.45) is 10.9 Å². The molecule has 0 unspecified atom stereocenters. The van der Waals surface area contributed by atoms with Crippen LogP contribution in [-0.4, -0.2) is 30.1 Å². The van der Waals surface area contributed by atoms with E-state index < -0.39 is 0 Å². The van der Waals surface area contributed by atoms with E-state index >= 15 is 0 Å². The van der Waals surface area contributed by atoms with Gasteiger partial charge in [-0.1, -0.05) is 5.16 Å². The minimum atomic E-state index is 0.0114. The number of imidazole rings is 2. The number of nitrogens with zero attached hydrogens (tertiary/aromatic N) is 5. The summed E-state index contributed by atoms with van der Waals surface area (Å²) in [5, 5.41) is 11.6. The average Bonchev–Trinajstić information content (AvgIpc) is 2.94. The van der Waals surface area contributed by atoms with E-state index in [4.69, 9.17) is 10.9 Å². The molecule has 0 bridgehead atoms. The van der Waals surface area contributed by atoms with Crippen LogP contribution < -0.4 is 5.73 Å². The van der Waals surface area contributed by atoms with E-state index in [1.165, 1.54) is 0 Å². The summed E-state index contributed by atoms with van der Waals surface area (Å²) < 4.78 is 3.85. The zero-order valence-corrected chi connectivity index (χ0v) is 9.48. The lowest BCUT2D eigenvalue weighted by atomic mass is 10.5. The molecule has 0 fully saturated rings. The number of hydrogen-bond acceptors (Lipinski definition) is 4. The van der Waals surface area contributed by atoms with Crippen LogP contribution in [0.4, 0.5) is 0 Å². The fourth-order valence-electron chi connectivity index (χ4n) is 1.62. The van der Waals surface area contributed by atoms with Crippen LogP contribution >= 0.6 is 0 Å². The van der Waals surface area contributed by atoms with Gasteiger partial charge in [-0.2, -0.15) is 0 Å². The second-order valence-corrected chi connectivity index (χ2v) is 3.60. The minimum Gasteiger partial charge on any atom is -0.409 e. The quantitative estimate of drug-likeness (QED) is 0.341. The summed E-state index contributed by atoms with van der Waals surface area (Å²) in [6.07, 6.45) is 7.08. The van der Waals surface area contributed by atoms with E-state index in [1.54, 1.807) is 18.6 Å². The van der Waals surface area contributed by atoms with Gasteiger partial charge >= 0.3 is 0 Å². The molecule has 0 aliphatic carbocycles. The van der Waals surface area contributed by atoms with Gasteiger partial charge in [0, 0.05) is 37.9 Å². The van der Waals surface area contributed by atoms with Gasteiger partial charge < -0.3 is 20.1 Å².